The lowest BCUT2D eigenvalue weighted by atomic mass is 9.47. The van der Waals surface area contributed by atoms with Crippen LogP contribution in [0, 0.1) is 69.5 Å². The third-order valence-electron chi connectivity index (χ3n) is 16.2. The van der Waals surface area contributed by atoms with Crippen molar-refractivity contribution in [3.05, 3.63) is 0 Å². The van der Waals surface area contributed by atoms with Crippen molar-refractivity contribution in [1.82, 2.24) is 0 Å². The van der Waals surface area contributed by atoms with E-state index in [1.54, 1.807) is 0 Å². The SMILES string of the molecule is CC(C)(O)C(=O)OCC12CC3CC(C1)C1(OC(COC(=O)C45CC6CC(CC(C6)C4)C5)C(COC(=O)C45CC6CC(CC(C6)C4)C5)O1)C(C3)C2. The number of aliphatic hydroxyl groups is 1. The van der Waals surface area contributed by atoms with Crippen molar-refractivity contribution in [2.75, 3.05) is 19.8 Å². The predicted octanol–water partition coefficient (Wildman–Crippen LogP) is 6.13. The van der Waals surface area contributed by atoms with E-state index in [1.807, 2.05) is 0 Å². The third-order valence-corrected chi connectivity index (χ3v) is 16.2. The molecule has 4 atom stereocenters. The molecule has 1 aliphatic heterocycles. The van der Waals surface area contributed by atoms with E-state index in [4.69, 9.17) is 23.7 Å². The molecule has 276 valence electrons. The molecule has 12 saturated carbocycles. The second-order valence-corrected chi connectivity index (χ2v) is 20.6. The third kappa shape index (κ3) is 5.19. The fraction of sp³-hybridized carbons (Fsp3) is 0.927. The summed E-state index contributed by atoms with van der Waals surface area (Å²) in [6.45, 7) is 3.49. The van der Waals surface area contributed by atoms with Crippen LogP contribution >= 0.6 is 0 Å². The van der Waals surface area contributed by atoms with Gasteiger partial charge in [0.2, 0.25) is 0 Å². The van der Waals surface area contributed by atoms with Gasteiger partial charge in [0.25, 0.3) is 0 Å². The maximum atomic E-state index is 14.0. The number of esters is 3. The van der Waals surface area contributed by atoms with Crippen molar-refractivity contribution in [2.24, 2.45) is 69.5 Å². The van der Waals surface area contributed by atoms with Crippen LogP contribution in [0.15, 0.2) is 0 Å². The summed E-state index contributed by atoms with van der Waals surface area (Å²) in [7, 11) is 0. The smallest absolute Gasteiger partial charge is 0.337 e. The summed E-state index contributed by atoms with van der Waals surface area (Å²) >= 11 is 0. The first-order chi connectivity index (χ1) is 23.8. The first-order valence-corrected chi connectivity index (χ1v) is 20.4. The Morgan fingerprint density at radius 1 is 0.580 bits per heavy atom. The van der Waals surface area contributed by atoms with E-state index in [9.17, 15) is 19.5 Å². The molecule has 1 heterocycles. The van der Waals surface area contributed by atoms with Gasteiger partial charge in [-0.25, -0.2) is 4.79 Å². The first kappa shape index (κ1) is 32.9. The lowest BCUT2D eigenvalue weighted by Crippen LogP contribution is -2.63. The van der Waals surface area contributed by atoms with Gasteiger partial charge in [0.15, 0.2) is 11.4 Å². The van der Waals surface area contributed by atoms with Crippen LogP contribution in [0.2, 0.25) is 0 Å². The molecule has 50 heavy (non-hydrogen) atoms. The molecule has 0 aromatic heterocycles. The van der Waals surface area contributed by atoms with Gasteiger partial charge in [0.05, 0.1) is 17.4 Å². The fourth-order valence-corrected chi connectivity index (χ4v) is 15.3. The number of rotatable bonds is 9. The summed E-state index contributed by atoms with van der Waals surface area (Å²) in [6.07, 6.45) is 17.0. The minimum Gasteiger partial charge on any atom is -0.463 e. The highest BCUT2D eigenvalue weighted by Gasteiger charge is 2.68. The molecule has 12 aliphatic carbocycles. The quantitative estimate of drug-likeness (QED) is 0.225. The lowest BCUT2D eigenvalue weighted by molar-refractivity contribution is -0.317. The Morgan fingerprint density at radius 3 is 1.34 bits per heavy atom. The molecule has 0 radical (unpaired) electrons. The van der Waals surface area contributed by atoms with Crippen molar-refractivity contribution in [3.8, 4) is 0 Å². The van der Waals surface area contributed by atoms with Gasteiger partial charge in [0.1, 0.15) is 25.4 Å². The summed E-state index contributed by atoms with van der Waals surface area (Å²) in [6, 6.07) is 0. The van der Waals surface area contributed by atoms with Crippen LogP contribution in [0.5, 0.6) is 0 Å². The topological polar surface area (TPSA) is 118 Å². The number of ether oxygens (including phenoxy) is 5. The highest BCUT2D eigenvalue weighted by atomic mass is 16.8. The Labute approximate surface area is 296 Å². The van der Waals surface area contributed by atoms with Gasteiger partial charge < -0.3 is 28.8 Å². The predicted molar refractivity (Wildman–Crippen MR) is 179 cm³/mol. The summed E-state index contributed by atoms with van der Waals surface area (Å²) in [5, 5.41) is 10.2. The molecule has 13 fully saturated rings. The van der Waals surface area contributed by atoms with Gasteiger partial charge in [-0.05, 0) is 164 Å². The average molecular weight is 695 g/mol. The molecule has 1 spiro atoms. The summed E-state index contributed by atoms with van der Waals surface area (Å²) < 4.78 is 32.5. The Bertz CT molecular complexity index is 1270. The largest absolute Gasteiger partial charge is 0.463 e. The zero-order valence-electron chi connectivity index (χ0n) is 30.2. The average Bonchev–Trinajstić information content (AvgIpc) is 3.41. The molecule has 9 heteroatoms. The number of hydrogen-bond donors (Lipinski definition) is 1. The van der Waals surface area contributed by atoms with E-state index >= 15 is 0 Å². The molecule has 9 nitrogen and oxygen atoms in total. The molecule has 0 aromatic rings. The van der Waals surface area contributed by atoms with Crippen molar-refractivity contribution < 1.29 is 43.2 Å². The summed E-state index contributed by atoms with van der Waals surface area (Å²) in [5.41, 5.74) is -2.37. The van der Waals surface area contributed by atoms with Crippen molar-refractivity contribution in [1.29, 1.82) is 0 Å². The van der Waals surface area contributed by atoms with E-state index in [1.165, 1.54) is 52.4 Å². The Kier molecular flexibility index (Phi) is 7.34. The van der Waals surface area contributed by atoms with Crippen LogP contribution in [0.3, 0.4) is 0 Å². The maximum Gasteiger partial charge on any atom is 0.337 e. The zero-order chi connectivity index (χ0) is 34.3. The summed E-state index contributed by atoms with van der Waals surface area (Å²) in [5.74, 6) is 3.15. The van der Waals surface area contributed by atoms with Crippen molar-refractivity contribution >= 4 is 17.9 Å². The monoisotopic (exact) mass is 694 g/mol. The molecule has 1 N–H and O–H groups in total. The van der Waals surface area contributed by atoms with E-state index in [0.29, 0.717) is 48.0 Å². The van der Waals surface area contributed by atoms with Gasteiger partial charge in [0, 0.05) is 17.3 Å². The number of carbonyl (C=O) groups excluding carboxylic acids is 3. The van der Waals surface area contributed by atoms with Crippen LogP contribution in [0.25, 0.3) is 0 Å². The molecule has 13 rings (SSSR count). The van der Waals surface area contributed by atoms with Gasteiger partial charge in [-0.2, -0.15) is 0 Å². The van der Waals surface area contributed by atoms with Crippen LogP contribution < -0.4 is 0 Å². The van der Waals surface area contributed by atoms with E-state index in [2.05, 4.69) is 0 Å². The number of hydrogen-bond acceptors (Lipinski definition) is 9. The Morgan fingerprint density at radius 2 is 0.960 bits per heavy atom. The lowest BCUT2D eigenvalue weighted by Gasteiger charge is -2.62. The number of carbonyl (C=O) groups is 3. The molecule has 4 unspecified atom stereocenters. The van der Waals surface area contributed by atoms with Crippen LogP contribution in [-0.2, 0) is 38.1 Å². The van der Waals surface area contributed by atoms with Crippen molar-refractivity contribution in [3.63, 3.8) is 0 Å². The van der Waals surface area contributed by atoms with Gasteiger partial charge in [-0.15, -0.1) is 0 Å². The zero-order valence-corrected chi connectivity index (χ0v) is 30.2. The summed E-state index contributed by atoms with van der Waals surface area (Å²) in [4.78, 5) is 40.5. The fourth-order valence-electron chi connectivity index (χ4n) is 15.3. The van der Waals surface area contributed by atoms with E-state index in [-0.39, 0.29) is 53.2 Å². The molecular formula is C41H58O9. The van der Waals surface area contributed by atoms with Crippen molar-refractivity contribution in [2.45, 2.75) is 147 Å². The Hall–Kier alpha value is -1.71. The highest BCUT2D eigenvalue weighted by molar-refractivity contribution is 5.79. The minimum atomic E-state index is -1.52. The van der Waals surface area contributed by atoms with E-state index < -0.39 is 29.6 Å². The van der Waals surface area contributed by atoms with Crippen LogP contribution in [0.4, 0.5) is 0 Å². The highest BCUT2D eigenvalue weighted by Crippen LogP contribution is 2.67. The molecular weight excluding hydrogens is 636 g/mol. The van der Waals surface area contributed by atoms with Crippen LogP contribution in [-0.4, -0.2) is 66.4 Å². The second-order valence-electron chi connectivity index (χ2n) is 20.6. The normalized spacial score (nSPS) is 51.8. The van der Waals surface area contributed by atoms with Gasteiger partial charge >= 0.3 is 17.9 Å². The van der Waals surface area contributed by atoms with E-state index in [0.717, 1.165) is 70.6 Å². The minimum absolute atomic E-state index is 0.0527. The molecule has 12 bridgehead atoms. The Balaban J connectivity index is 0.867. The molecule has 0 amide bonds. The maximum absolute atomic E-state index is 14.0. The standard InChI is InChI=1S/C41H58O9/c1-37(2,45)34(42)48-22-38-11-29-9-30(18-38)41(31(10-29)19-38)49-32(20-46-35(43)39-12-23-3-24(13-39)5-25(4-23)14-39)33(50-41)21-47-36(44)40-15-26-6-27(16-40)8-28(7-26)17-40/h23-33,45H,3-22H2,1-2H3. The molecule has 13 aliphatic rings. The van der Waals surface area contributed by atoms with Gasteiger partial charge in [-0.1, -0.05) is 0 Å². The molecule has 1 saturated heterocycles. The van der Waals surface area contributed by atoms with Gasteiger partial charge in [-0.3, -0.25) is 9.59 Å². The second kappa shape index (κ2) is 11.2. The first-order valence-electron chi connectivity index (χ1n) is 20.4. The van der Waals surface area contributed by atoms with Crippen LogP contribution in [0.1, 0.15) is 123 Å². The molecule has 0 aromatic carbocycles.